The summed E-state index contributed by atoms with van der Waals surface area (Å²) in [6.45, 7) is 7.31. The molecule has 0 spiro atoms. The number of halogens is 1. The third kappa shape index (κ3) is 4.60. The zero-order chi connectivity index (χ0) is 19.4. The highest BCUT2D eigenvalue weighted by atomic mass is 35.5. The molecule has 0 saturated carbocycles. The van der Waals surface area contributed by atoms with E-state index in [1.807, 2.05) is 0 Å². The monoisotopic (exact) mass is 396 g/mol. The van der Waals surface area contributed by atoms with Gasteiger partial charge in [-0.3, -0.25) is 19.2 Å². The van der Waals surface area contributed by atoms with Crippen LogP contribution in [-0.4, -0.2) is 63.4 Å². The number of allylic oxidation sites excluding steroid dienone is 2. The number of aryl methyl sites for hydroxylation is 1. The fourth-order valence-corrected chi connectivity index (χ4v) is 3.16. The Bertz CT molecular complexity index is 935. The van der Waals surface area contributed by atoms with Crippen molar-refractivity contribution in [3.05, 3.63) is 31.9 Å². The predicted molar refractivity (Wildman–Crippen MR) is 106 cm³/mol. The molecule has 27 heavy (non-hydrogen) atoms. The number of aromatic amines is 1. The van der Waals surface area contributed by atoms with Gasteiger partial charge in [0, 0.05) is 38.3 Å². The highest BCUT2D eigenvalue weighted by molar-refractivity contribution is 6.29. The maximum absolute atomic E-state index is 12.3. The first-order valence-electron chi connectivity index (χ1n) is 9.03. The minimum atomic E-state index is -0.486. The Morgan fingerprint density at radius 3 is 2.81 bits per heavy atom. The van der Waals surface area contributed by atoms with Gasteiger partial charge in [-0.2, -0.15) is 4.98 Å². The van der Waals surface area contributed by atoms with Crippen molar-refractivity contribution in [2.45, 2.75) is 19.9 Å². The second kappa shape index (κ2) is 8.73. The normalized spacial score (nSPS) is 16.2. The van der Waals surface area contributed by atoms with Crippen molar-refractivity contribution in [3.63, 3.8) is 0 Å². The minimum absolute atomic E-state index is 0.347. The molecule has 0 radical (unpaired) electrons. The number of H-pyrrole nitrogens is 1. The van der Waals surface area contributed by atoms with Crippen LogP contribution < -0.4 is 16.6 Å². The molecule has 0 atom stereocenters. The molecule has 148 valence electrons. The number of imidazole rings is 1. The second-order valence-corrected chi connectivity index (χ2v) is 7.16. The van der Waals surface area contributed by atoms with Crippen molar-refractivity contribution in [1.82, 2.24) is 24.0 Å². The van der Waals surface area contributed by atoms with Gasteiger partial charge in [0.1, 0.15) is 0 Å². The van der Waals surface area contributed by atoms with Gasteiger partial charge < -0.3 is 14.6 Å². The number of aromatic nitrogens is 4. The number of anilines is 1. The molecule has 3 rings (SSSR count). The molecule has 0 bridgehead atoms. The van der Waals surface area contributed by atoms with E-state index in [1.54, 1.807) is 24.6 Å². The summed E-state index contributed by atoms with van der Waals surface area (Å²) in [5, 5.41) is 3.91. The van der Waals surface area contributed by atoms with Crippen molar-refractivity contribution in [3.8, 4) is 0 Å². The smallest absolute Gasteiger partial charge is 0.329 e. The Labute approximate surface area is 161 Å². The van der Waals surface area contributed by atoms with Crippen molar-refractivity contribution in [2.24, 2.45) is 7.05 Å². The van der Waals surface area contributed by atoms with Gasteiger partial charge in [-0.1, -0.05) is 17.7 Å². The molecule has 1 fully saturated rings. The molecule has 9 nitrogen and oxygen atoms in total. The Morgan fingerprint density at radius 1 is 1.37 bits per heavy atom. The van der Waals surface area contributed by atoms with Crippen LogP contribution in [0.5, 0.6) is 0 Å². The van der Waals surface area contributed by atoms with Crippen LogP contribution in [0.3, 0.4) is 0 Å². The SMILES string of the molecule is C/C(Cl)=C/Cn1c(NCCCN2CCOCC2)nc2c1c(=O)[nH]c(=O)n2C. The van der Waals surface area contributed by atoms with Gasteiger partial charge in [-0.15, -0.1) is 0 Å². The van der Waals surface area contributed by atoms with E-state index < -0.39 is 11.2 Å². The van der Waals surface area contributed by atoms with E-state index in [0.717, 1.165) is 39.3 Å². The average Bonchev–Trinajstić information content (AvgIpc) is 3.01. The average molecular weight is 397 g/mol. The van der Waals surface area contributed by atoms with Gasteiger partial charge in [0.25, 0.3) is 5.56 Å². The summed E-state index contributed by atoms with van der Waals surface area (Å²) in [6, 6.07) is 0. The van der Waals surface area contributed by atoms with Crippen LogP contribution in [0.15, 0.2) is 20.7 Å². The van der Waals surface area contributed by atoms with Crippen molar-refractivity contribution >= 4 is 28.7 Å². The van der Waals surface area contributed by atoms with E-state index in [2.05, 4.69) is 20.2 Å². The largest absolute Gasteiger partial charge is 0.379 e. The van der Waals surface area contributed by atoms with Crippen molar-refractivity contribution in [2.75, 3.05) is 44.7 Å². The number of hydrogen-bond acceptors (Lipinski definition) is 6. The maximum Gasteiger partial charge on any atom is 0.329 e. The van der Waals surface area contributed by atoms with Crippen LogP contribution in [-0.2, 0) is 18.3 Å². The lowest BCUT2D eigenvalue weighted by Gasteiger charge is -2.26. The molecule has 1 aliphatic rings. The number of morpholine rings is 1. The second-order valence-electron chi connectivity index (χ2n) is 6.56. The van der Waals surface area contributed by atoms with E-state index in [4.69, 9.17) is 16.3 Å². The summed E-state index contributed by atoms with van der Waals surface area (Å²) < 4.78 is 8.44. The number of fused-ring (bicyclic) bond motifs is 1. The third-order valence-electron chi connectivity index (χ3n) is 4.60. The molecule has 1 aliphatic heterocycles. The Kier molecular flexibility index (Phi) is 6.35. The van der Waals surface area contributed by atoms with Crippen LogP contribution in [0.25, 0.3) is 11.2 Å². The summed E-state index contributed by atoms with van der Waals surface area (Å²) in [4.78, 5) is 33.4. The highest BCUT2D eigenvalue weighted by Crippen LogP contribution is 2.16. The lowest BCUT2D eigenvalue weighted by molar-refractivity contribution is 0.0378. The van der Waals surface area contributed by atoms with E-state index >= 15 is 0 Å². The first-order chi connectivity index (χ1) is 13.0. The van der Waals surface area contributed by atoms with Crippen LogP contribution >= 0.6 is 11.6 Å². The molecule has 0 unspecified atom stereocenters. The van der Waals surface area contributed by atoms with Crippen LogP contribution in [0.2, 0.25) is 0 Å². The number of hydrogen-bond donors (Lipinski definition) is 2. The molecule has 0 amide bonds. The zero-order valence-electron chi connectivity index (χ0n) is 15.6. The summed E-state index contributed by atoms with van der Waals surface area (Å²) in [7, 11) is 1.59. The number of nitrogens with zero attached hydrogens (tertiary/aromatic N) is 4. The summed E-state index contributed by atoms with van der Waals surface area (Å²) in [5.41, 5.74) is -0.246. The lowest BCUT2D eigenvalue weighted by atomic mass is 10.3. The maximum atomic E-state index is 12.3. The van der Waals surface area contributed by atoms with Gasteiger partial charge in [0.2, 0.25) is 5.95 Å². The molecule has 2 N–H and O–H groups in total. The van der Waals surface area contributed by atoms with Crippen molar-refractivity contribution < 1.29 is 4.74 Å². The van der Waals surface area contributed by atoms with E-state index in [9.17, 15) is 9.59 Å². The van der Waals surface area contributed by atoms with Crippen LogP contribution in [0, 0.1) is 0 Å². The Morgan fingerprint density at radius 2 is 2.11 bits per heavy atom. The van der Waals surface area contributed by atoms with Gasteiger partial charge in [-0.05, 0) is 19.9 Å². The number of rotatable bonds is 7. The fraction of sp³-hybridized carbons (Fsp3) is 0.588. The quantitative estimate of drug-likeness (QED) is 0.669. The highest BCUT2D eigenvalue weighted by Gasteiger charge is 2.17. The van der Waals surface area contributed by atoms with Gasteiger partial charge in [0.15, 0.2) is 11.2 Å². The van der Waals surface area contributed by atoms with Gasteiger partial charge >= 0.3 is 5.69 Å². The summed E-state index contributed by atoms with van der Waals surface area (Å²) >= 11 is 5.96. The Balaban J connectivity index is 1.80. The van der Waals surface area contributed by atoms with E-state index in [0.29, 0.717) is 35.2 Å². The van der Waals surface area contributed by atoms with Gasteiger partial charge in [-0.25, -0.2) is 4.79 Å². The molecule has 10 heteroatoms. The first kappa shape index (κ1) is 19.7. The topological polar surface area (TPSA) is 97.2 Å². The molecular weight excluding hydrogens is 372 g/mol. The summed E-state index contributed by atoms with van der Waals surface area (Å²) in [5.74, 6) is 0.549. The first-order valence-corrected chi connectivity index (χ1v) is 9.41. The van der Waals surface area contributed by atoms with E-state index in [-0.39, 0.29) is 0 Å². The molecule has 0 aromatic carbocycles. The van der Waals surface area contributed by atoms with E-state index in [1.165, 1.54) is 4.57 Å². The van der Waals surface area contributed by atoms with Crippen LogP contribution in [0.4, 0.5) is 5.95 Å². The standard InChI is InChI=1S/C17H25ClN6O3/c1-12(18)4-7-24-13-14(22(2)17(26)21-15(13)25)20-16(24)19-5-3-6-23-8-10-27-11-9-23/h4H,3,5-11H2,1-2H3,(H,19,20)(H,21,25,26)/b12-4-. The predicted octanol–water partition coefficient (Wildman–Crippen LogP) is 0.700. The molecule has 2 aromatic heterocycles. The van der Waals surface area contributed by atoms with Gasteiger partial charge in [0.05, 0.1) is 13.2 Å². The third-order valence-corrected chi connectivity index (χ3v) is 4.75. The van der Waals surface area contributed by atoms with Crippen molar-refractivity contribution in [1.29, 1.82) is 0 Å². The molecule has 1 saturated heterocycles. The lowest BCUT2D eigenvalue weighted by Crippen LogP contribution is -2.37. The zero-order valence-corrected chi connectivity index (χ0v) is 16.4. The Hall–Kier alpha value is -2.10. The molecule has 2 aromatic rings. The number of ether oxygens (including phenoxy) is 1. The fourth-order valence-electron chi connectivity index (χ4n) is 3.09. The molecule has 3 heterocycles. The van der Waals surface area contributed by atoms with Crippen LogP contribution in [0.1, 0.15) is 13.3 Å². The molecular formula is C17H25ClN6O3. The minimum Gasteiger partial charge on any atom is -0.379 e. The summed E-state index contributed by atoms with van der Waals surface area (Å²) in [6.07, 6.45) is 2.73. The number of nitrogens with one attached hydrogen (secondary N) is 2. The molecule has 0 aliphatic carbocycles.